The predicted octanol–water partition coefficient (Wildman–Crippen LogP) is 2.67. The molecule has 0 unspecified atom stereocenters. The maximum atomic E-state index is 14.4. The number of rotatable bonds is 4. The number of hydrogen-bond donors (Lipinski definition) is 2. The Kier molecular flexibility index (Phi) is 4.67. The van der Waals surface area contributed by atoms with Gasteiger partial charge in [-0.3, -0.25) is 4.68 Å². The standard InChI is InChI=1S/C23H27FN8O2/c1-23(33)6-5-19(23)31-12-14(10-26-31)30-7-3-4-13(11-30)20-28-21-15-8-16(24)18(34-2)9-17(15)27-22(25)32(21)29-20/h8-10,12-13,19,33H,3-7,11H2,1-2H3,(H2,25,27)/t13-,19-,23+/m1/s1. The summed E-state index contributed by atoms with van der Waals surface area (Å²) in [6, 6.07) is 2.91. The van der Waals surface area contributed by atoms with Crippen molar-refractivity contribution in [2.75, 3.05) is 30.8 Å². The lowest BCUT2D eigenvalue weighted by molar-refractivity contribution is -0.0737. The minimum absolute atomic E-state index is 0.0183. The van der Waals surface area contributed by atoms with Gasteiger partial charge in [-0.05, 0) is 38.7 Å². The van der Waals surface area contributed by atoms with Crippen LogP contribution < -0.4 is 15.4 Å². The van der Waals surface area contributed by atoms with Crippen LogP contribution in [0.5, 0.6) is 5.75 Å². The lowest BCUT2D eigenvalue weighted by Crippen LogP contribution is -2.45. The Morgan fingerprint density at radius 2 is 2.12 bits per heavy atom. The van der Waals surface area contributed by atoms with Gasteiger partial charge in [-0.1, -0.05) is 0 Å². The van der Waals surface area contributed by atoms with Crippen LogP contribution in [0.15, 0.2) is 24.5 Å². The van der Waals surface area contributed by atoms with Gasteiger partial charge >= 0.3 is 0 Å². The van der Waals surface area contributed by atoms with Gasteiger partial charge in [0, 0.05) is 36.7 Å². The van der Waals surface area contributed by atoms with Crippen LogP contribution in [-0.4, -0.2) is 60.3 Å². The van der Waals surface area contributed by atoms with Crippen LogP contribution in [0.2, 0.25) is 0 Å². The Hall–Kier alpha value is -3.47. The quantitative estimate of drug-likeness (QED) is 0.471. The monoisotopic (exact) mass is 466 g/mol. The molecule has 34 heavy (non-hydrogen) atoms. The smallest absolute Gasteiger partial charge is 0.223 e. The van der Waals surface area contributed by atoms with Crippen LogP contribution in [0.25, 0.3) is 16.6 Å². The van der Waals surface area contributed by atoms with Gasteiger partial charge in [-0.2, -0.15) is 9.61 Å². The molecule has 3 aromatic heterocycles. The Bertz CT molecular complexity index is 1400. The number of hydrogen-bond acceptors (Lipinski definition) is 8. The fraction of sp³-hybridized carbons (Fsp3) is 0.478. The van der Waals surface area contributed by atoms with Gasteiger partial charge in [-0.15, -0.1) is 5.10 Å². The van der Waals surface area contributed by atoms with E-state index in [1.165, 1.54) is 23.8 Å². The number of nitrogen functional groups attached to an aromatic ring is 1. The first kappa shape index (κ1) is 21.1. The molecule has 2 aliphatic rings. The molecule has 3 atom stereocenters. The van der Waals surface area contributed by atoms with Crippen molar-refractivity contribution in [3.8, 4) is 5.75 Å². The van der Waals surface area contributed by atoms with Gasteiger partial charge in [0.2, 0.25) is 5.95 Å². The van der Waals surface area contributed by atoms with Crippen molar-refractivity contribution in [2.45, 2.75) is 50.2 Å². The average molecular weight is 467 g/mol. The molecular formula is C23H27FN8O2. The van der Waals surface area contributed by atoms with E-state index in [4.69, 9.17) is 15.5 Å². The van der Waals surface area contributed by atoms with Crippen LogP contribution >= 0.6 is 0 Å². The summed E-state index contributed by atoms with van der Waals surface area (Å²) in [7, 11) is 1.41. The Balaban J connectivity index is 1.31. The molecule has 1 aliphatic heterocycles. The SMILES string of the molecule is COc1cc2nc(N)n3nc([C@@H]4CCCN(c5cnn([C@@H]6CC[C@]6(C)O)c5)C4)nc3c2cc1F. The number of benzene rings is 1. The highest BCUT2D eigenvalue weighted by atomic mass is 19.1. The summed E-state index contributed by atoms with van der Waals surface area (Å²) < 4.78 is 22.9. The molecule has 0 spiro atoms. The second-order valence-corrected chi connectivity index (χ2v) is 9.55. The number of methoxy groups -OCH3 is 1. The first-order valence-corrected chi connectivity index (χ1v) is 11.5. The summed E-state index contributed by atoms with van der Waals surface area (Å²) >= 11 is 0. The number of anilines is 2. The normalized spacial score (nSPS) is 25.1. The van der Waals surface area contributed by atoms with Crippen molar-refractivity contribution in [3.05, 3.63) is 36.2 Å². The van der Waals surface area contributed by atoms with Gasteiger partial charge in [0.15, 0.2) is 23.0 Å². The zero-order chi connectivity index (χ0) is 23.6. The maximum absolute atomic E-state index is 14.4. The first-order valence-electron chi connectivity index (χ1n) is 11.5. The van der Waals surface area contributed by atoms with Crippen LogP contribution in [0.4, 0.5) is 16.0 Å². The summed E-state index contributed by atoms with van der Waals surface area (Å²) in [5.41, 5.74) is 7.47. The summed E-state index contributed by atoms with van der Waals surface area (Å²) in [6.45, 7) is 3.51. The predicted molar refractivity (Wildman–Crippen MR) is 125 cm³/mol. The van der Waals surface area contributed by atoms with E-state index in [1.807, 2.05) is 24.0 Å². The van der Waals surface area contributed by atoms with Crippen molar-refractivity contribution in [2.24, 2.45) is 0 Å². The molecule has 3 N–H and O–H groups in total. The van der Waals surface area contributed by atoms with Crippen molar-refractivity contribution in [1.29, 1.82) is 0 Å². The summed E-state index contributed by atoms with van der Waals surface area (Å²) in [4.78, 5) is 11.4. The zero-order valence-corrected chi connectivity index (χ0v) is 19.1. The highest BCUT2D eigenvalue weighted by Gasteiger charge is 2.43. The van der Waals surface area contributed by atoms with Gasteiger partial charge in [-0.25, -0.2) is 14.4 Å². The highest BCUT2D eigenvalue weighted by molar-refractivity contribution is 5.93. The first-order chi connectivity index (χ1) is 16.3. The minimum Gasteiger partial charge on any atom is -0.494 e. The number of aromatic nitrogens is 6. The van der Waals surface area contributed by atoms with Gasteiger partial charge in [0.1, 0.15) is 0 Å². The van der Waals surface area contributed by atoms with E-state index in [1.54, 1.807) is 0 Å². The topological polar surface area (TPSA) is 120 Å². The van der Waals surface area contributed by atoms with E-state index in [0.717, 1.165) is 44.5 Å². The lowest BCUT2D eigenvalue weighted by atomic mass is 9.76. The van der Waals surface area contributed by atoms with Crippen LogP contribution in [0.3, 0.4) is 0 Å². The molecule has 1 saturated carbocycles. The fourth-order valence-corrected chi connectivity index (χ4v) is 5.17. The number of nitrogens with zero attached hydrogens (tertiary/aromatic N) is 7. The van der Waals surface area contributed by atoms with Crippen LogP contribution in [-0.2, 0) is 0 Å². The van der Waals surface area contributed by atoms with E-state index in [0.29, 0.717) is 22.4 Å². The third kappa shape index (κ3) is 3.25. The average Bonchev–Trinajstić information content (AvgIpc) is 3.47. The van der Waals surface area contributed by atoms with E-state index in [-0.39, 0.29) is 23.7 Å². The fourth-order valence-electron chi connectivity index (χ4n) is 5.17. The summed E-state index contributed by atoms with van der Waals surface area (Å²) in [5, 5.41) is 20.1. The Morgan fingerprint density at radius 3 is 2.85 bits per heavy atom. The number of fused-ring (bicyclic) bond motifs is 3. The molecule has 1 saturated heterocycles. The van der Waals surface area contributed by atoms with Gasteiger partial charge in [0.25, 0.3) is 0 Å². The minimum atomic E-state index is -0.700. The molecule has 0 radical (unpaired) electrons. The Morgan fingerprint density at radius 1 is 1.26 bits per heavy atom. The maximum Gasteiger partial charge on any atom is 0.223 e. The molecule has 2 fully saturated rings. The third-order valence-corrected chi connectivity index (χ3v) is 7.29. The molecule has 11 heteroatoms. The van der Waals surface area contributed by atoms with Crippen molar-refractivity contribution >= 4 is 28.2 Å². The number of nitrogens with two attached hydrogens (primary N) is 1. The van der Waals surface area contributed by atoms with E-state index in [9.17, 15) is 9.50 Å². The summed E-state index contributed by atoms with van der Waals surface area (Å²) in [6.07, 6.45) is 7.52. The summed E-state index contributed by atoms with van der Waals surface area (Å²) in [5.74, 6) is 0.559. The molecule has 4 aromatic rings. The molecule has 1 aliphatic carbocycles. The van der Waals surface area contributed by atoms with Gasteiger partial charge < -0.3 is 20.5 Å². The molecule has 178 valence electrons. The zero-order valence-electron chi connectivity index (χ0n) is 19.1. The van der Waals surface area contributed by atoms with Crippen molar-refractivity contribution in [1.82, 2.24) is 29.4 Å². The second-order valence-electron chi connectivity index (χ2n) is 9.55. The van der Waals surface area contributed by atoms with Gasteiger partial charge in [0.05, 0.1) is 36.2 Å². The molecule has 1 aromatic carbocycles. The second kappa shape index (κ2) is 7.52. The Labute approximate surface area is 195 Å². The largest absolute Gasteiger partial charge is 0.494 e. The molecule has 10 nitrogen and oxygen atoms in total. The molecule has 0 amide bonds. The van der Waals surface area contributed by atoms with E-state index < -0.39 is 11.4 Å². The van der Waals surface area contributed by atoms with Crippen LogP contribution in [0.1, 0.15) is 50.4 Å². The molecule has 6 rings (SSSR count). The highest BCUT2D eigenvalue weighted by Crippen LogP contribution is 2.42. The third-order valence-electron chi connectivity index (χ3n) is 7.29. The number of halogens is 1. The van der Waals surface area contributed by atoms with E-state index in [2.05, 4.69) is 20.1 Å². The van der Waals surface area contributed by atoms with Crippen molar-refractivity contribution < 1.29 is 14.2 Å². The molecular weight excluding hydrogens is 439 g/mol. The number of ether oxygens (including phenoxy) is 1. The lowest BCUT2D eigenvalue weighted by Gasteiger charge is -2.42. The molecule has 4 heterocycles. The number of piperidine rings is 1. The van der Waals surface area contributed by atoms with Crippen molar-refractivity contribution in [3.63, 3.8) is 0 Å². The van der Waals surface area contributed by atoms with Crippen LogP contribution in [0, 0.1) is 5.82 Å². The number of aliphatic hydroxyl groups is 1. The molecule has 0 bridgehead atoms. The van der Waals surface area contributed by atoms with E-state index >= 15 is 0 Å².